The van der Waals surface area contributed by atoms with Crippen molar-refractivity contribution in [2.24, 2.45) is 0 Å². The second-order valence-corrected chi connectivity index (χ2v) is 6.19. The Morgan fingerprint density at radius 3 is 2.91 bits per heavy atom. The third kappa shape index (κ3) is 2.67. The standard InChI is InChI=1S/C16H25N5O/c1-4-14(22)21-8-5-6-13(21)16-18-12-10-20(3)9-7-11(12)15(17-2)19-16/h13H,4-10H2,1-3H3,(H,17,18,19). The van der Waals surface area contributed by atoms with E-state index in [1.165, 1.54) is 5.56 Å². The number of nitrogens with one attached hydrogen (secondary N) is 1. The number of likely N-dealkylation sites (tertiary alicyclic amines) is 1. The largest absolute Gasteiger partial charge is 0.373 e. The lowest BCUT2D eigenvalue weighted by Crippen LogP contribution is -2.33. The number of nitrogens with zero attached hydrogens (tertiary/aromatic N) is 4. The number of carbonyl (C=O) groups excluding carboxylic acids is 1. The second kappa shape index (κ2) is 6.20. The Labute approximate surface area is 131 Å². The normalized spacial score (nSPS) is 21.8. The van der Waals surface area contributed by atoms with E-state index in [1.807, 2.05) is 18.9 Å². The van der Waals surface area contributed by atoms with Gasteiger partial charge in [-0.2, -0.15) is 0 Å². The third-order valence-corrected chi connectivity index (χ3v) is 4.68. The van der Waals surface area contributed by atoms with E-state index < -0.39 is 0 Å². The molecule has 3 rings (SSSR count). The molecule has 1 saturated heterocycles. The van der Waals surface area contributed by atoms with Crippen molar-refractivity contribution in [2.75, 3.05) is 32.5 Å². The Morgan fingerprint density at radius 2 is 2.18 bits per heavy atom. The van der Waals surface area contributed by atoms with Crippen LogP contribution in [0.3, 0.4) is 0 Å². The van der Waals surface area contributed by atoms with Crippen molar-refractivity contribution >= 4 is 11.7 Å². The van der Waals surface area contributed by atoms with Crippen LogP contribution in [0.4, 0.5) is 5.82 Å². The number of rotatable bonds is 3. The number of hydrogen-bond donors (Lipinski definition) is 1. The molecule has 0 aromatic carbocycles. The van der Waals surface area contributed by atoms with Crippen LogP contribution in [0.1, 0.15) is 49.3 Å². The number of aromatic nitrogens is 2. The summed E-state index contributed by atoms with van der Waals surface area (Å²) in [5, 5.41) is 3.22. The molecule has 0 spiro atoms. The number of carbonyl (C=O) groups is 1. The second-order valence-electron chi connectivity index (χ2n) is 6.19. The van der Waals surface area contributed by atoms with Gasteiger partial charge in [0.25, 0.3) is 0 Å². The van der Waals surface area contributed by atoms with Gasteiger partial charge in [-0.3, -0.25) is 4.79 Å². The average molecular weight is 303 g/mol. The fraction of sp³-hybridized carbons (Fsp3) is 0.688. The summed E-state index contributed by atoms with van der Waals surface area (Å²) in [4.78, 5) is 26.0. The van der Waals surface area contributed by atoms with E-state index in [2.05, 4.69) is 17.3 Å². The van der Waals surface area contributed by atoms with E-state index >= 15 is 0 Å². The van der Waals surface area contributed by atoms with Gasteiger partial charge in [0.2, 0.25) is 5.91 Å². The highest BCUT2D eigenvalue weighted by Crippen LogP contribution is 2.33. The molecule has 2 aliphatic heterocycles. The summed E-state index contributed by atoms with van der Waals surface area (Å²) in [5.41, 5.74) is 2.34. The molecule has 22 heavy (non-hydrogen) atoms. The average Bonchev–Trinajstić information content (AvgIpc) is 3.02. The molecule has 0 aliphatic carbocycles. The van der Waals surface area contributed by atoms with E-state index in [0.29, 0.717) is 6.42 Å². The van der Waals surface area contributed by atoms with Crippen molar-refractivity contribution in [3.05, 3.63) is 17.1 Å². The van der Waals surface area contributed by atoms with Gasteiger partial charge in [0, 0.05) is 38.7 Å². The predicted octanol–water partition coefficient (Wildman–Crippen LogP) is 1.58. The lowest BCUT2D eigenvalue weighted by Gasteiger charge is -2.28. The first-order chi connectivity index (χ1) is 10.6. The quantitative estimate of drug-likeness (QED) is 0.918. The molecule has 1 aromatic rings. The van der Waals surface area contributed by atoms with Crippen molar-refractivity contribution < 1.29 is 4.79 Å². The van der Waals surface area contributed by atoms with Gasteiger partial charge >= 0.3 is 0 Å². The fourth-order valence-electron chi connectivity index (χ4n) is 3.47. The predicted molar refractivity (Wildman–Crippen MR) is 85.6 cm³/mol. The van der Waals surface area contributed by atoms with Crippen molar-refractivity contribution in [3.8, 4) is 0 Å². The maximum Gasteiger partial charge on any atom is 0.222 e. The van der Waals surface area contributed by atoms with Gasteiger partial charge in [-0.25, -0.2) is 9.97 Å². The molecule has 0 radical (unpaired) electrons. The number of anilines is 1. The first-order valence-electron chi connectivity index (χ1n) is 8.19. The maximum atomic E-state index is 12.1. The number of hydrogen-bond acceptors (Lipinski definition) is 5. The summed E-state index contributed by atoms with van der Waals surface area (Å²) >= 11 is 0. The van der Waals surface area contributed by atoms with Crippen molar-refractivity contribution in [2.45, 2.75) is 45.2 Å². The fourth-order valence-corrected chi connectivity index (χ4v) is 3.47. The molecular weight excluding hydrogens is 278 g/mol. The van der Waals surface area contributed by atoms with Crippen LogP contribution >= 0.6 is 0 Å². The highest BCUT2D eigenvalue weighted by Gasteiger charge is 2.32. The molecule has 6 heteroatoms. The van der Waals surface area contributed by atoms with Crippen LogP contribution in [0.25, 0.3) is 0 Å². The zero-order valence-corrected chi connectivity index (χ0v) is 13.7. The summed E-state index contributed by atoms with van der Waals surface area (Å²) in [6, 6.07) is 0.0390. The maximum absolute atomic E-state index is 12.1. The molecule has 1 unspecified atom stereocenters. The van der Waals surface area contributed by atoms with Crippen LogP contribution in [-0.4, -0.2) is 52.9 Å². The topological polar surface area (TPSA) is 61.4 Å². The summed E-state index contributed by atoms with van der Waals surface area (Å²) in [5.74, 6) is 1.94. The molecule has 0 bridgehead atoms. The Bertz CT molecular complexity index is 574. The molecule has 1 atom stereocenters. The van der Waals surface area contributed by atoms with Crippen LogP contribution in [0.2, 0.25) is 0 Å². The molecule has 1 amide bonds. The van der Waals surface area contributed by atoms with E-state index in [9.17, 15) is 4.79 Å². The van der Waals surface area contributed by atoms with Gasteiger partial charge < -0.3 is 15.1 Å². The Balaban J connectivity index is 1.97. The molecular formula is C16H25N5O. The third-order valence-electron chi connectivity index (χ3n) is 4.68. The smallest absolute Gasteiger partial charge is 0.222 e. The van der Waals surface area contributed by atoms with Gasteiger partial charge in [-0.15, -0.1) is 0 Å². The van der Waals surface area contributed by atoms with Gasteiger partial charge in [-0.05, 0) is 26.3 Å². The molecule has 6 nitrogen and oxygen atoms in total. The molecule has 1 aromatic heterocycles. The lowest BCUT2D eigenvalue weighted by molar-refractivity contribution is -0.131. The highest BCUT2D eigenvalue weighted by atomic mass is 16.2. The number of likely N-dealkylation sites (N-methyl/N-ethyl adjacent to an activating group) is 1. The Kier molecular flexibility index (Phi) is 4.29. The van der Waals surface area contributed by atoms with E-state index in [-0.39, 0.29) is 11.9 Å². The Morgan fingerprint density at radius 1 is 1.36 bits per heavy atom. The van der Waals surface area contributed by atoms with E-state index in [4.69, 9.17) is 9.97 Å². The molecule has 1 N–H and O–H groups in total. The molecule has 120 valence electrons. The minimum Gasteiger partial charge on any atom is -0.373 e. The monoisotopic (exact) mass is 303 g/mol. The van der Waals surface area contributed by atoms with Gasteiger partial charge in [0.15, 0.2) is 5.82 Å². The van der Waals surface area contributed by atoms with Crippen LogP contribution in [-0.2, 0) is 17.8 Å². The highest BCUT2D eigenvalue weighted by molar-refractivity contribution is 5.76. The van der Waals surface area contributed by atoms with E-state index in [0.717, 1.165) is 56.2 Å². The van der Waals surface area contributed by atoms with Crippen molar-refractivity contribution in [1.82, 2.24) is 19.8 Å². The first-order valence-corrected chi connectivity index (χ1v) is 8.19. The number of amides is 1. The number of fused-ring (bicyclic) bond motifs is 1. The van der Waals surface area contributed by atoms with Crippen LogP contribution in [0.5, 0.6) is 0 Å². The zero-order valence-electron chi connectivity index (χ0n) is 13.7. The van der Waals surface area contributed by atoms with Gasteiger partial charge in [-0.1, -0.05) is 6.92 Å². The molecule has 1 fully saturated rings. The van der Waals surface area contributed by atoms with Gasteiger partial charge in [0.1, 0.15) is 5.82 Å². The van der Waals surface area contributed by atoms with Crippen LogP contribution in [0, 0.1) is 0 Å². The summed E-state index contributed by atoms with van der Waals surface area (Å²) in [7, 11) is 4.03. The summed E-state index contributed by atoms with van der Waals surface area (Å²) < 4.78 is 0. The van der Waals surface area contributed by atoms with Crippen LogP contribution in [0.15, 0.2) is 0 Å². The summed E-state index contributed by atoms with van der Waals surface area (Å²) in [6.07, 6.45) is 3.52. The van der Waals surface area contributed by atoms with E-state index in [1.54, 1.807) is 0 Å². The Hall–Kier alpha value is -1.69. The zero-order chi connectivity index (χ0) is 15.7. The molecule has 0 saturated carbocycles. The lowest BCUT2D eigenvalue weighted by atomic mass is 10.0. The SMILES string of the molecule is CCC(=O)N1CCCC1c1nc2c(c(NC)n1)CCN(C)C2. The first kappa shape index (κ1) is 15.2. The molecule has 3 heterocycles. The van der Waals surface area contributed by atoms with Gasteiger partial charge in [0.05, 0.1) is 11.7 Å². The summed E-state index contributed by atoms with van der Waals surface area (Å²) in [6.45, 7) is 4.63. The minimum atomic E-state index is 0.0390. The minimum absolute atomic E-state index is 0.0390. The van der Waals surface area contributed by atoms with Crippen molar-refractivity contribution in [1.29, 1.82) is 0 Å². The molecule has 2 aliphatic rings. The van der Waals surface area contributed by atoms with Crippen molar-refractivity contribution in [3.63, 3.8) is 0 Å². The van der Waals surface area contributed by atoms with Crippen LogP contribution < -0.4 is 5.32 Å².